The number of hydrogen-bond acceptors (Lipinski definition) is 5. The molecule has 2 fully saturated rings. The smallest absolute Gasteiger partial charge is 0.317 e. The molecule has 1 aromatic heterocycles. The predicted molar refractivity (Wildman–Crippen MR) is 84.1 cm³/mol. The second-order valence-electron chi connectivity index (χ2n) is 7.77. The number of nitrogens with zero attached hydrogens (tertiary/aromatic N) is 3. The lowest BCUT2D eigenvalue weighted by molar-refractivity contribution is 0.00935. The zero-order valence-corrected chi connectivity index (χ0v) is 14.4. The van der Waals surface area contributed by atoms with Crippen molar-refractivity contribution in [2.24, 2.45) is 5.41 Å². The summed E-state index contributed by atoms with van der Waals surface area (Å²) in [6, 6.07) is -0.0258. The number of rotatable bonds is 1. The van der Waals surface area contributed by atoms with E-state index < -0.39 is 0 Å². The normalized spacial score (nSPS) is 24.2. The molecule has 2 aliphatic heterocycles. The van der Waals surface area contributed by atoms with E-state index in [-0.39, 0.29) is 22.9 Å². The van der Waals surface area contributed by atoms with Crippen LogP contribution in [0.1, 0.15) is 51.2 Å². The van der Waals surface area contributed by atoms with E-state index in [0.29, 0.717) is 24.8 Å². The lowest BCUT2D eigenvalue weighted by Gasteiger charge is -2.36. The van der Waals surface area contributed by atoms with Crippen LogP contribution in [-0.4, -0.2) is 52.9 Å². The summed E-state index contributed by atoms with van der Waals surface area (Å²) >= 11 is 0. The molecule has 0 unspecified atom stereocenters. The monoisotopic (exact) mass is 322 g/mol. The van der Waals surface area contributed by atoms with Crippen molar-refractivity contribution in [2.75, 3.05) is 26.3 Å². The summed E-state index contributed by atoms with van der Waals surface area (Å²) in [5, 5.41) is 6.98. The molecule has 2 saturated heterocycles. The number of likely N-dealkylation sites (tertiary alicyclic amines) is 1. The van der Waals surface area contributed by atoms with Gasteiger partial charge in [-0.1, -0.05) is 5.16 Å². The Hall–Kier alpha value is -1.63. The van der Waals surface area contributed by atoms with Gasteiger partial charge in [0.2, 0.25) is 5.89 Å². The maximum atomic E-state index is 12.6. The number of ether oxygens (including phenoxy) is 1. The molecule has 1 N–H and O–H groups in total. The highest BCUT2D eigenvalue weighted by Crippen LogP contribution is 2.49. The van der Waals surface area contributed by atoms with E-state index in [2.05, 4.69) is 15.5 Å². The molecule has 0 bridgehead atoms. The Kier molecular flexibility index (Phi) is 4.08. The Balaban J connectivity index is 1.83. The molecule has 0 aliphatic carbocycles. The molecular formula is C16H26N4O3. The summed E-state index contributed by atoms with van der Waals surface area (Å²) < 4.78 is 11.0. The second-order valence-corrected chi connectivity index (χ2v) is 7.77. The van der Waals surface area contributed by atoms with Crippen LogP contribution in [0.25, 0.3) is 0 Å². The van der Waals surface area contributed by atoms with Gasteiger partial charge in [0.1, 0.15) is 0 Å². The van der Waals surface area contributed by atoms with Crippen LogP contribution in [0.5, 0.6) is 0 Å². The van der Waals surface area contributed by atoms with E-state index in [1.165, 1.54) is 0 Å². The fourth-order valence-corrected chi connectivity index (χ4v) is 3.60. The number of aryl methyl sites for hydroxylation is 1. The SMILES string of the molecule is Cc1noc([C@H]2CN(C(=O)NC(C)(C)C)CC23CCOCC3)n1. The van der Waals surface area contributed by atoms with Gasteiger partial charge in [0.15, 0.2) is 5.82 Å². The van der Waals surface area contributed by atoms with Crippen LogP contribution in [0.3, 0.4) is 0 Å². The van der Waals surface area contributed by atoms with Crippen LogP contribution in [0.4, 0.5) is 4.79 Å². The second kappa shape index (κ2) is 5.78. The summed E-state index contributed by atoms with van der Waals surface area (Å²) in [7, 11) is 0. The van der Waals surface area contributed by atoms with Gasteiger partial charge in [-0.3, -0.25) is 0 Å². The summed E-state index contributed by atoms with van der Waals surface area (Å²) in [5.41, 5.74) is -0.272. The number of carbonyl (C=O) groups excluding carboxylic acids is 1. The molecule has 7 nitrogen and oxygen atoms in total. The van der Waals surface area contributed by atoms with E-state index in [9.17, 15) is 4.79 Å². The Labute approximate surface area is 136 Å². The lowest BCUT2D eigenvalue weighted by Crippen LogP contribution is -2.48. The van der Waals surface area contributed by atoms with Gasteiger partial charge < -0.3 is 19.5 Å². The molecular weight excluding hydrogens is 296 g/mol. The number of amides is 2. The van der Waals surface area contributed by atoms with Gasteiger partial charge in [0, 0.05) is 37.3 Å². The van der Waals surface area contributed by atoms with E-state index in [4.69, 9.17) is 9.26 Å². The van der Waals surface area contributed by atoms with Gasteiger partial charge in [-0.2, -0.15) is 4.98 Å². The van der Waals surface area contributed by atoms with Crippen LogP contribution < -0.4 is 5.32 Å². The van der Waals surface area contributed by atoms with Crippen molar-refractivity contribution in [3.63, 3.8) is 0 Å². The Morgan fingerprint density at radius 3 is 2.61 bits per heavy atom. The van der Waals surface area contributed by atoms with E-state index >= 15 is 0 Å². The zero-order chi connectivity index (χ0) is 16.7. The van der Waals surface area contributed by atoms with Gasteiger partial charge in [0.25, 0.3) is 0 Å². The molecule has 0 saturated carbocycles. The summed E-state index contributed by atoms with van der Waals surface area (Å²) in [4.78, 5) is 18.9. The first-order chi connectivity index (χ1) is 10.8. The molecule has 7 heteroatoms. The van der Waals surface area contributed by atoms with Crippen LogP contribution in [0, 0.1) is 12.3 Å². The van der Waals surface area contributed by atoms with Gasteiger partial charge in [-0.05, 0) is 40.5 Å². The molecule has 1 atom stereocenters. The maximum absolute atomic E-state index is 12.6. The standard InChI is InChI=1S/C16H26N4O3/c1-11-17-13(23-19-11)12-9-20(14(21)18-15(2,3)4)10-16(12)5-7-22-8-6-16/h12H,5-10H2,1-4H3,(H,18,21)/t12-/m1/s1. The summed E-state index contributed by atoms with van der Waals surface area (Å²) in [5.74, 6) is 1.37. The first-order valence-corrected chi connectivity index (χ1v) is 8.24. The minimum Gasteiger partial charge on any atom is -0.381 e. The predicted octanol–water partition coefficient (Wildman–Crippen LogP) is 2.08. The van der Waals surface area contributed by atoms with Crippen molar-refractivity contribution in [3.05, 3.63) is 11.7 Å². The third kappa shape index (κ3) is 3.34. The number of carbonyl (C=O) groups is 1. The molecule has 0 radical (unpaired) electrons. The van der Waals surface area contributed by atoms with Crippen LogP contribution in [0.15, 0.2) is 4.52 Å². The largest absolute Gasteiger partial charge is 0.381 e. The highest BCUT2D eigenvalue weighted by Gasteiger charge is 2.51. The van der Waals surface area contributed by atoms with Crippen molar-refractivity contribution in [2.45, 2.75) is 52.0 Å². The fourth-order valence-electron chi connectivity index (χ4n) is 3.60. The number of urea groups is 1. The molecule has 3 heterocycles. The average Bonchev–Trinajstić information content (AvgIpc) is 3.02. The first-order valence-electron chi connectivity index (χ1n) is 8.24. The van der Waals surface area contributed by atoms with Crippen molar-refractivity contribution in [3.8, 4) is 0 Å². The number of hydrogen-bond donors (Lipinski definition) is 1. The zero-order valence-electron chi connectivity index (χ0n) is 14.4. The maximum Gasteiger partial charge on any atom is 0.317 e. The van der Waals surface area contributed by atoms with Crippen LogP contribution >= 0.6 is 0 Å². The van der Waals surface area contributed by atoms with Gasteiger partial charge in [-0.25, -0.2) is 4.79 Å². The third-order valence-electron chi connectivity index (χ3n) is 4.75. The van der Waals surface area contributed by atoms with E-state index in [0.717, 1.165) is 26.1 Å². The van der Waals surface area contributed by atoms with Gasteiger partial charge in [0.05, 0.1) is 5.92 Å². The minimum atomic E-state index is -0.251. The van der Waals surface area contributed by atoms with Crippen molar-refractivity contribution in [1.29, 1.82) is 0 Å². The fraction of sp³-hybridized carbons (Fsp3) is 0.812. The molecule has 0 aromatic carbocycles. The van der Waals surface area contributed by atoms with Gasteiger partial charge >= 0.3 is 6.03 Å². The average molecular weight is 322 g/mol. The summed E-state index contributed by atoms with van der Waals surface area (Å²) in [6.45, 7) is 10.6. The van der Waals surface area contributed by atoms with Crippen LogP contribution in [0.2, 0.25) is 0 Å². The lowest BCUT2D eigenvalue weighted by atomic mass is 9.72. The highest BCUT2D eigenvalue weighted by atomic mass is 16.5. The molecule has 128 valence electrons. The molecule has 2 amide bonds. The Morgan fingerprint density at radius 1 is 1.35 bits per heavy atom. The summed E-state index contributed by atoms with van der Waals surface area (Å²) in [6.07, 6.45) is 1.83. The van der Waals surface area contributed by atoms with E-state index in [1.807, 2.05) is 32.6 Å². The van der Waals surface area contributed by atoms with Crippen molar-refractivity contribution >= 4 is 6.03 Å². The minimum absolute atomic E-state index is 0.0214. The van der Waals surface area contributed by atoms with Crippen LogP contribution in [-0.2, 0) is 4.74 Å². The van der Waals surface area contributed by atoms with E-state index in [1.54, 1.807) is 0 Å². The highest BCUT2D eigenvalue weighted by molar-refractivity contribution is 5.75. The quantitative estimate of drug-likeness (QED) is 0.856. The Bertz CT molecular complexity index is 572. The molecule has 2 aliphatic rings. The molecule has 23 heavy (non-hydrogen) atoms. The third-order valence-corrected chi connectivity index (χ3v) is 4.75. The Morgan fingerprint density at radius 2 is 2.04 bits per heavy atom. The topological polar surface area (TPSA) is 80.5 Å². The number of nitrogens with one attached hydrogen (secondary N) is 1. The number of aromatic nitrogens is 2. The molecule has 1 aromatic rings. The first kappa shape index (κ1) is 16.2. The van der Waals surface area contributed by atoms with Crippen molar-refractivity contribution < 1.29 is 14.1 Å². The molecule has 3 rings (SSSR count). The molecule has 1 spiro atoms. The van der Waals surface area contributed by atoms with Gasteiger partial charge in [-0.15, -0.1) is 0 Å². The van der Waals surface area contributed by atoms with Crippen molar-refractivity contribution in [1.82, 2.24) is 20.4 Å².